The molecule has 28 heteroatoms. The van der Waals surface area contributed by atoms with Crippen LogP contribution in [0, 0.1) is 49.1 Å². The van der Waals surface area contributed by atoms with E-state index < -0.39 is 93.9 Å². The highest BCUT2D eigenvalue weighted by molar-refractivity contribution is 6.00. The van der Waals surface area contributed by atoms with Gasteiger partial charge in [0, 0.05) is 59.3 Å². The average molecular weight is 1320 g/mol. The second-order valence-electron chi connectivity index (χ2n) is 23.3. The number of halogens is 3. The molecule has 10 atom stereocenters. The lowest BCUT2D eigenvalue weighted by Crippen LogP contribution is -2.51. The average Bonchev–Trinajstić information content (AvgIpc) is 1.66. The zero-order chi connectivity index (χ0) is 68.8. The van der Waals surface area contributed by atoms with Gasteiger partial charge in [0.25, 0.3) is 11.8 Å². The number of carboxylic acid groups (broad SMARTS) is 1. The first kappa shape index (κ1) is 78.2. The van der Waals surface area contributed by atoms with E-state index in [-0.39, 0.29) is 106 Å². The van der Waals surface area contributed by atoms with Crippen molar-refractivity contribution in [2.75, 3.05) is 74.7 Å². The Bertz CT molecular complexity index is 3250. The van der Waals surface area contributed by atoms with E-state index in [9.17, 15) is 56.3 Å². The summed E-state index contributed by atoms with van der Waals surface area (Å²) in [7, 11) is 5.47. The molecule has 514 valence electrons. The maximum absolute atomic E-state index is 13.4. The van der Waals surface area contributed by atoms with Gasteiger partial charge in [0.05, 0.1) is 70.2 Å². The van der Waals surface area contributed by atoms with Crippen LogP contribution in [0.25, 0.3) is 0 Å². The van der Waals surface area contributed by atoms with Gasteiger partial charge in [-0.25, -0.2) is 13.2 Å². The molecule has 8 rings (SSSR count). The van der Waals surface area contributed by atoms with Crippen LogP contribution in [0.15, 0.2) is 94.0 Å². The van der Waals surface area contributed by atoms with Gasteiger partial charge in [-0.2, -0.15) is 0 Å². The fourth-order valence-corrected chi connectivity index (χ4v) is 9.21. The van der Waals surface area contributed by atoms with E-state index in [1.807, 2.05) is 13.8 Å². The van der Waals surface area contributed by atoms with Gasteiger partial charge in [0.1, 0.15) is 57.9 Å². The van der Waals surface area contributed by atoms with Crippen LogP contribution < -0.4 is 21.7 Å². The number of ether oxygens (including phenoxy) is 7. The molecule has 0 spiro atoms. The molecular weight excluding hydrogens is 1240 g/mol. The number of rotatable bonds is 33. The van der Waals surface area contributed by atoms with Crippen molar-refractivity contribution in [3.05, 3.63) is 142 Å². The number of aryl methyl sites for hydroxylation is 2. The number of amides is 3. The fourth-order valence-electron chi connectivity index (χ4n) is 9.21. The van der Waals surface area contributed by atoms with Crippen molar-refractivity contribution in [3.63, 3.8) is 0 Å². The molecule has 3 fully saturated rings. The van der Waals surface area contributed by atoms with Gasteiger partial charge in [-0.15, -0.1) is 0 Å². The molecule has 3 amide bonds. The first-order chi connectivity index (χ1) is 44.0. The molecule has 0 aliphatic carbocycles. The molecule has 0 bridgehead atoms. The van der Waals surface area contributed by atoms with Crippen molar-refractivity contribution in [2.45, 2.75) is 122 Å². The monoisotopic (exact) mass is 1320 g/mol. The fraction of sp³-hybridized carbons (Fsp3) is 0.500. The van der Waals surface area contributed by atoms with Crippen LogP contribution in [-0.2, 0) is 86.0 Å². The lowest BCUT2D eigenvalue weighted by molar-refractivity contribution is -0.146. The summed E-state index contributed by atoms with van der Waals surface area (Å²) in [5.74, 6) is -6.30. The standard InChI is InChI=1S/C26H32FN3O8.C14H20N2O7.C13H15FO2.C12H14FNO2.CH4/c1-15-9-20(30-38-15)25(34)29-21(13-36-4)22(31)11-17(12-35-3)24(33)28-19(23(32)26(2)14-37-26)10-16-5-7-18(27)8-6-16;1-8-4-10(16-23-8)13(18)15-11(7-22-3)12(17)5-9(6-21-2)14(19)20;1-9(12(15)13(2)8-16-13)7-10-3-5-11(14)6-4-10;1-12(7-16-12)11(15)10(14)6-8-2-4-9(13)5-3-8;/h5-9,17,19,21H,10-14H2,1-4H3,(H,28,33)(H,29,34);4,9,11H,5-7H2,1-3H3,(H,15,18)(H,19,20);3-6,9H,7-8H2,1-2H3;2-5,10H,6-7,14H2,1H3;1H4/t17-,19-,21-,26+;9-,11-;9-,13+;10-,12+;/m0000./s1. The molecule has 2 aromatic heterocycles. The number of nitrogens with zero attached hydrogens (tertiary/aromatic N) is 2. The minimum absolute atomic E-state index is 0. The number of nitrogens with one attached hydrogen (secondary N) is 3. The molecule has 3 aromatic carbocycles. The molecule has 3 saturated heterocycles. The Morgan fingerprint density at radius 3 is 1.24 bits per heavy atom. The number of epoxide rings is 3. The second kappa shape index (κ2) is 36.4. The van der Waals surface area contributed by atoms with E-state index in [1.165, 1.54) is 89.1 Å². The topological polar surface area (TPSA) is 363 Å². The number of carbonyl (C=O) groups excluding carboxylic acids is 8. The molecule has 3 aliphatic heterocycles. The van der Waals surface area contributed by atoms with E-state index in [2.05, 4.69) is 26.3 Å². The Morgan fingerprint density at radius 2 is 0.883 bits per heavy atom. The third kappa shape index (κ3) is 24.6. The maximum Gasteiger partial charge on any atom is 0.309 e. The summed E-state index contributed by atoms with van der Waals surface area (Å²) in [5, 5.41) is 24.0. The van der Waals surface area contributed by atoms with Crippen LogP contribution in [0.3, 0.4) is 0 Å². The number of benzene rings is 3. The first-order valence-electron chi connectivity index (χ1n) is 29.5. The number of ketones is 5. The van der Waals surface area contributed by atoms with Gasteiger partial charge in [-0.05, 0) is 107 Å². The van der Waals surface area contributed by atoms with Crippen molar-refractivity contribution in [1.29, 1.82) is 0 Å². The highest BCUT2D eigenvalue weighted by Crippen LogP contribution is 2.32. The SMILES string of the molecule is C.COC[C@H](CC(=O)[C@H](COC)NC(=O)c1cc(C)on1)C(=O)N[C@@H](Cc1ccc(F)cc1)C(=O)[C@@]1(C)CO1.COC[C@H](CC(=O)[C@H](COC)NC(=O)c1cc(C)on1)C(=O)O.C[C@@H](Cc1ccc(F)cc1)C(=O)[C@@]1(C)CO1.C[C@]1(C(=O)[C@@H](N)Cc2ccc(F)cc2)CO1. The second-order valence-corrected chi connectivity index (χ2v) is 23.3. The lowest BCUT2D eigenvalue weighted by Gasteiger charge is -2.24. The van der Waals surface area contributed by atoms with Gasteiger partial charge >= 0.3 is 5.97 Å². The summed E-state index contributed by atoms with van der Waals surface area (Å²) >= 11 is 0. The Morgan fingerprint density at radius 1 is 0.532 bits per heavy atom. The quantitative estimate of drug-likeness (QED) is 0.0334. The number of hydrogen-bond donors (Lipinski definition) is 5. The highest BCUT2D eigenvalue weighted by Gasteiger charge is 2.51. The summed E-state index contributed by atoms with van der Waals surface area (Å²) in [6.45, 7) is 11.1. The minimum Gasteiger partial charge on any atom is -0.481 e. The smallest absolute Gasteiger partial charge is 0.309 e. The number of Topliss-reactive ketones (excluding diaryl/α,β-unsaturated/α-hetero) is 5. The molecule has 5 aromatic rings. The number of hydrogen-bond acceptors (Lipinski definition) is 21. The van der Waals surface area contributed by atoms with Gasteiger partial charge in [-0.1, -0.05) is 61.1 Å². The molecule has 5 heterocycles. The lowest BCUT2D eigenvalue weighted by atomic mass is 9.90. The van der Waals surface area contributed by atoms with Crippen LogP contribution in [0.5, 0.6) is 0 Å². The van der Waals surface area contributed by atoms with Gasteiger partial charge in [-0.3, -0.25) is 43.2 Å². The molecular formula is C66H85F3N6O19. The number of nitrogens with two attached hydrogens (primary N) is 1. The maximum atomic E-state index is 13.4. The zero-order valence-corrected chi connectivity index (χ0v) is 53.5. The minimum atomic E-state index is -1.14. The summed E-state index contributed by atoms with van der Waals surface area (Å²) in [5.41, 5.74) is 6.04. The van der Waals surface area contributed by atoms with E-state index in [1.54, 1.807) is 52.0 Å². The third-order valence-electron chi connectivity index (χ3n) is 15.0. The summed E-state index contributed by atoms with van der Waals surface area (Å²) in [6, 6.07) is 17.1. The molecule has 3 aliphatic rings. The molecule has 0 radical (unpaired) electrons. The Labute approximate surface area is 542 Å². The van der Waals surface area contributed by atoms with Crippen molar-refractivity contribution in [3.8, 4) is 0 Å². The van der Waals surface area contributed by atoms with Crippen molar-refractivity contribution >= 4 is 52.6 Å². The highest BCUT2D eigenvalue weighted by atomic mass is 19.1. The number of aromatic nitrogens is 2. The van der Waals surface area contributed by atoms with Crippen LogP contribution in [-0.4, -0.2) is 184 Å². The first-order valence-corrected chi connectivity index (χ1v) is 29.5. The molecule has 0 unspecified atom stereocenters. The zero-order valence-electron chi connectivity index (χ0n) is 53.5. The Balaban J connectivity index is 0.000000286. The van der Waals surface area contributed by atoms with Crippen LogP contribution >= 0.6 is 0 Å². The van der Waals surface area contributed by atoms with Crippen molar-refractivity contribution in [2.24, 2.45) is 23.5 Å². The van der Waals surface area contributed by atoms with Crippen molar-refractivity contribution in [1.82, 2.24) is 26.3 Å². The molecule has 94 heavy (non-hydrogen) atoms. The predicted octanol–water partition coefficient (Wildman–Crippen LogP) is 5.26. The normalized spacial score (nSPS) is 19.4. The van der Waals surface area contributed by atoms with E-state index in [4.69, 9.17) is 53.0 Å². The van der Waals surface area contributed by atoms with Gasteiger partial charge in [0.15, 0.2) is 40.3 Å². The van der Waals surface area contributed by atoms with Crippen LogP contribution in [0.2, 0.25) is 0 Å². The summed E-state index contributed by atoms with van der Waals surface area (Å²) in [4.78, 5) is 111. The summed E-state index contributed by atoms with van der Waals surface area (Å²) < 4.78 is 83.8. The van der Waals surface area contributed by atoms with E-state index in [0.29, 0.717) is 43.1 Å². The molecule has 0 saturated carbocycles. The Kier molecular flexibility index (Phi) is 30.3. The molecule has 6 N–H and O–H groups in total. The van der Waals surface area contributed by atoms with Crippen LogP contribution in [0.1, 0.15) is 97.2 Å². The predicted molar refractivity (Wildman–Crippen MR) is 331 cm³/mol. The number of aliphatic carboxylic acids is 1. The largest absolute Gasteiger partial charge is 0.481 e. The Hall–Kier alpha value is -8.22. The molecule has 25 nitrogen and oxygen atoms in total. The van der Waals surface area contributed by atoms with E-state index >= 15 is 0 Å². The number of carboxylic acids is 1. The van der Waals surface area contributed by atoms with Crippen LogP contribution in [0.4, 0.5) is 13.2 Å². The van der Waals surface area contributed by atoms with Gasteiger partial charge < -0.3 is 69.0 Å². The van der Waals surface area contributed by atoms with Crippen molar-refractivity contribution < 1.29 is 104 Å². The third-order valence-corrected chi connectivity index (χ3v) is 15.0. The number of carbonyl (C=O) groups is 9. The number of methoxy groups -OCH3 is 4. The van der Waals surface area contributed by atoms with Gasteiger partial charge in [0.2, 0.25) is 5.91 Å². The van der Waals surface area contributed by atoms with E-state index in [0.717, 1.165) is 11.1 Å². The summed E-state index contributed by atoms with van der Waals surface area (Å²) in [6.07, 6.45) is 0.583.